The van der Waals surface area contributed by atoms with Crippen LogP contribution in [0.3, 0.4) is 0 Å². The van der Waals surface area contributed by atoms with E-state index in [1.165, 1.54) is 24.8 Å². The molecule has 3 heteroatoms. The van der Waals surface area contributed by atoms with Crippen molar-refractivity contribution < 1.29 is 4.79 Å². The van der Waals surface area contributed by atoms with Crippen molar-refractivity contribution >= 4 is 6.03 Å². The van der Waals surface area contributed by atoms with Crippen molar-refractivity contribution in [2.24, 2.45) is 0 Å². The Kier molecular flexibility index (Phi) is 5.52. The first-order valence-corrected chi connectivity index (χ1v) is 8.91. The minimum atomic E-state index is -0.130. The summed E-state index contributed by atoms with van der Waals surface area (Å²) in [6.07, 6.45) is 5.90. The van der Waals surface area contributed by atoms with Crippen LogP contribution in [0.25, 0.3) is 0 Å². The van der Waals surface area contributed by atoms with E-state index in [2.05, 4.69) is 47.9 Å². The van der Waals surface area contributed by atoms with Crippen LogP contribution in [0.1, 0.15) is 54.8 Å². The van der Waals surface area contributed by atoms with Crippen LogP contribution in [0.2, 0.25) is 0 Å². The highest BCUT2D eigenvalue weighted by molar-refractivity contribution is 5.75. The maximum Gasteiger partial charge on any atom is 0.315 e. The van der Waals surface area contributed by atoms with Gasteiger partial charge in [-0.2, -0.15) is 0 Å². The number of hydrogen-bond donors (Lipinski definition) is 2. The van der Waals surface area contributed by atoms with Gasteiger partial charge in [0.1, 0.15) is 0 Å². The number of rotatable bonds is 4. The third-order valence-electron chi connectivity index (χ3n) is 4.72. The van der Waals surface area contributed by atoms with Gasteiger partial charge in [-0.25, -0.2) is 4.79 Å². The zero-order valence-electron chi connectivity index (χ0n) is 14.3. The number of aryl methyl sites for hydroxylation is 1. The maximum atomic E-state index is 12.5. The summed E-state index contributed by atoms with van der Waals surface area (Å²) < 4.78 is 0. The Labute approximate surface area is 144 Å². The Hall–Kier alpha value is -2.29. The highest BCUT2D eigenvalue weighted by Gasteiger charge is 2.20. The van der Waals surface area contributed by atoms with E-state index in [4.69, 9.17) is 0 Å². The summed E-state index contributed by atoms with van der Waals surface area (Å²) in [4.78, 5) is 12.5. The quantitative estimate of drug-likeness (QED) is 0.840. The topological polar surface area (TPSA) is 41.1 Å². The van der Waals surface area contributed by atoms with Crippen LogP contribution in [0.4, 0.5) is 4.79 Å². The molecule has 3 nitrogen and oxygen atoms in total. The average Bonchev–Trinajstić information content (AvgIpc) is 2.61. The van der Waals surface area contributed by atoms with Gasteiger partial charge >= 0.3 is 6.03 Å². The standard InChI is InChI=1S/C21H26N2O/c1-16-9-8-12-18(15-16)20(17-10-4-2-5-11-17)23-21(24)22-19-13-6-3-7-14-19/h2,4-5,8-12,15,19-20H,3,6-7,13-14H2,1H3,(H2,22,23,24)/t20-/m1/s1. The average molecular weight is 322 g/mol. The van der Waals surface area contributed by atoms with E-state index in [-0.39, 0.29) is 12.1 Å². The lowest BCUT2D eigenvalue weighted by Crippen LogP contribution is -2.44. The normalized spacial score (nSPS) is 16.4. The van der Waals surface area contributed by atoms with Crippen LogP contribution >= 0.6 is 0 Å². The van der Waals surface area contributed by atoms with E-state index >= 15 is 0 Å². The molecular weight excluding hydrogens is 296 g/mol. The Morgan fingerprint density at radius 3 is 2.38 bits per heavy atom. The second-order valence-electron chi connectivity index (χ2n) is 6.71. The fraction of sp³-hybridized carbons (Fsp3) is 0.381. The molecule has 2 aromatic carbocycles. The van der Waals surface area contributed by atoms with E-state index in [0.717, 1.165) is 24.0 Å². The molecule has 0 unspecified atom stereocenters. The Morgan fingerprint density at radius 2 is 1.67 bits per heavy atom. The smallest absolute Gasteiger partial charge is 0.315 e. The second-order valence-corrected chi connectivity index (χ2v) is 6.71. The van der Waals surface area contributed by atoms with Gasteiger partial charge in [-0.15, -0.1) is 0 Å². The van der Waals surface area contributed by atoms with Crippen molar-refractivity contribution in [1.82, 2.24) is 10.6 Å². The summed E-state index contributed by atoms with van der Waals surface area (Å²) in [5, 5.41) is 6.33. The first kappa shape index (κ1) is 16.6. The van der Waals surface area contributed by atoms with Gasteiger partial charge in [0.25, 0.3) is 0 Å². The van der Waals surface area contributed by atoms with Crippen LogP contribution < -0.4 is 10.6 Å². The molecule has 24 heavy (non-hydrogen) atoms. The van der Waals surface area contributed by atoms with E-state index in [1.54, 1.807) is 0 Å². The fourth-order valence-corrected chi connectivity index (χ4v) is 3.46. The molecule has 2 amide bonds. The minimum absolute atomic E-state index is 0.0720. The number of benzene rings is 2. The lowest BCUT2D eigenvalue weighted by Gasteiger charge is -2.25. The summed E-state index contributed by atoms with van der Waals surface area (Å²) >= 11 is 0. The van der Waals surface area contributed by atoms with Crippen molar-refractivity contribution in [2.75, 3.05) is 0 Å². The van der Waals surface area contributed by atoms with Crippen molar-refractivity contribution in [3.05, 3.63) is 71.3 Å². The number of hydrogen-bond acceptors (Lipinski definition) is 1. The summed E-state index contributed by atoms with van der Waals surface area (Å²) in [7, 11) is 0. The molecule has 1 atom stereocenters. The second kappa shape index (κ2) is 8.00. The predicted molar refractivity (Wildman–Crippen MR) is 98.0 cm³/mol. The Balaban J connectivity index is 1.76. The lowest BCUT2D eigenvalue weighted by atomic mass is 9.95. The summed E-state index contributed by atoms with van der Waals surface area (Å²) in [6.45, 7) is 2.08. The molecular formula is C21H26N2O. The van der Waals surface area contributed by atoms with E-state index in [9.17, 15) is 4.79 Å². The maximum absolute atomic E-state index is 12.5. The molecule has 126 valence electrons. The lowest BCUT2D eigenvalue weighted by molar-refractivity contribution is 0.230. The molecule has 2 N–H and O–H groups in total. The SMILES string of the molecule is Cc1cccc([C@H](NC(=O)NC2CCCCC2)c2ccccc2)c1. The zero-order chi connectivity index (χ0) is 16.8. The highest BCUT2D eigenvalue weighted by atomic mass is 16.2. The molecule has 1 saturated carbocycles. The van der Waals surface area contributed by atoms with Gasteiger partial charge in [0.2, 0.25) is 0 Å². The number of carbonyl (C=O) groups is 1. The summed E-state index contributed by atoms with van der Waals surface area (Å²) in [5.74, 6) is 0. The van der Waals surface area contributed by atoms with Crippen LogP contribution in [0.5, 0.6) is 0 Å². The molecule has 0 saturated heterocycles. The molecule has 0 bridgehead atoms. The van der Waals surface area contributed by atoms with Crippen molar-refractivity contribution in [2.45, 2.75) is 51.1 Å². The molecule has 0 radical (unpaired) electrons. The minimum Gasteiger partial charge on any atom is -0.335 e. The molecule has 0 aliphatic heterocycles. The summed E-state index contributed by atoms with van der Waals surface area (Å²) in [6, 6.07) is 18.6. The monoisotopic (exact) mass is 322 g/mol. The molecule has 2 aromatic rings. The highest BCUT2D eigenvalue weighted by Crippen LogP contribution is 2.23. The van der Waals surface area contributed by atoms with Gasteiger partial charge in [0.15, 0.2) is 0 Å². The molecule has 0 spiro atoms. The van der Waals surface area contributed by atoms with Gasteiger partial charge in [-0.1, -0.05) is 79.4 Å². The van der Waals surface area contributed by atoms with E-state index in [0.29, 0.717) is 6.04 Å². The first-order valence-electron chi connectivity index (χ1n) is 8.91. The van der Waals surface area contributed by atoms with Gasteiger partial charge in [0, 0.05) is 6.04 Å². The number of amides is 2. The summed E-state index contributed by atoms with van der Waals surface area (Å²) in [5.41, 5.74) is 3.41. The van der Waals surface area contributed by atoms with Crippen molar-refractivity contribution in [3.8, 4) is 0 Å². The molecule has 1 fully saturated rings. The van der Waals surface area contributed by atoms with Crippen molar-refractivity contribution in [1.29, 1.82) is 0 Å². The molecule has 1 aliphatic rings. The molecule has 1 aliphatic carbocycles. The molecule has 3 rings (SSSR count). The van der Waals surface area contributed by atoms with Crippen LogP contribution in [0, 0.1) is 6.92 Å². The number of carbonyl (C=O) groups excluding carboxylic acids is 1. The van der Waals surface area contributed by atoms with Gasteiger partial charge in [-0.05, 0) is 30.9 Å². The van der Waals surface area contributed by atoms with E-state index < -0.39 is 0 Å². The van der Waals surface area contributed by atoms with Crippen molar-refractivity contribution in [3.63, 3.8) is 0 Å². The third kappa shape index (κ3) is 4.38. The van der Waals surface area contributed by atoms with Crippen LogP contribution in [-0.2, 0) is 0 Å². The van der Waals surface area contributed by atoms with Crippen LogP contribution in [-0.4, -0.2) is 12.1 Å². The molecule has 0 heterocycles. The Morgan fingerprint density at radius 1 is 0.958 bits per heavy atom. The third-order valence-corrected chi connectivity index (χ3v) is 4.72. The number of nitrogens with one attached hydrogen (secondary N) is 2. The Bertz CT molecular complexity index is 663. The number of urea groups is 1. The molecule has 0 aromatic heterocycles. The largest absolute Gasteiger partial charge is 0.335 e. The predicted octanol–water partition coefficient (Wildman–Crippen LogP) is 4.72. The van der Waals surface area contributed by atoms with E-state index in [1.807, 2.05) is 24.3 Å². The van der Waals surface area contributed by atoms with Gasteiger partial charge in [-0.3, -0.25) is 0 Å². The fourth-order valence-electron chi connectivity index (χ4n) is 3.46. The van der Waals surface area contributed by atoms with Crippen LogP contribution in [0.15, 0.2) is 54.6 Å². The van der Waals surface area contributed by atoms with Gasteiger partial charge < -0.3 is 10.6 Å². The first-order chi connectivity index (χ1) is 11.7. The zero-order valence-corrected chi connectivity index (χ0v) is 14.3. The van der Waals surface area contributed by atoms with Gasteiger partial charge in [0.05, 0.1) is 6.04 Å².